The van der Waals surface area contributed by atoms with Gasteiger partial charge in [0, 0.05) is 11.8 Å². The lowest BCUT2D eigenvalue weighted by molar-refractivity contribution is 0.416. The van der Waals surface area contributed by atoms with Crippen molar-refractivity contribution in [3.05, 3.63) is 0 Å². The van der Waals surface area contributed by atoms with Crippen molar-refractivity contribution in [3.63, 3.8) is 0 Å². The molecule has 48 valence electrons. The molecule has 1 saturated heterocycles. The summed E-state index contributed by atoms with van der Waals surface area (Å²) < 4.78 is 0. The largest absolute Gasteiger partial charge is 0.316 e. The van der Waals surface area contributed by atoms with Gasteiger partial charge < -0.3 is 5.32 Å². The molecule has 0 aliphatic carbocycles. The van der Waals surface area contributed by atoms with E-state index >= 15 is 0 Å². The zero-order chi connectivity index (χ0) is 5.98. The minimum atomic E-state index is 0.587. The van der Waals surface area contributed by atoms with Crippen LogP contribution < -0.4 is 5.32 Å². The highest BCUT2D eigenvalue weighted by molar-refractivity contribution is 7.81. The van der Waals surface area contributed by atoms with E-state index in [4.69, 9.17) is 0 Å². The molecule has 1 aliphatic rings. The minimum absolute atomic E-state index is 0.587. The molecule has 1 fully saturated rings. The molecule has 0 aromatic carbocycles. The van der Waals surface area contributed by atoms with Gasteiger partial charge in [-0.25, -0.2) is 0 Å². The Morgan fingerprint density at radius 1 is 1.62 bits per heavy atom. The predicted octanol–water partition coefficient (Wildman–Crippen LogP) is 0.914. The maximum Gasteiger partial charge on any atom is 0.0168 e. The lowest BCUT2D eigenvalue weighted by Crippen LogP contribution is -2.35. The Kier molecular flexibility index (Phi) is 2.20. The van der Waals surface area contributed by atoms with Gasteiger partial charge in [-0.1, -0.05) is 6.92 Å². The van der Waals surface area contributed by atoms with Crippen LogP contribution in [0, 0.1) is 5.92 Å². The first-order chi connectivity index (χ1) is 3.80. The maximum atomic E-state index is 4.39. The molecule has 2 unspecified atom stereocenters. The number of thiol groups is 1. The van der Waals surface area contributed by atoms with E-state index in [2.05, 4.69) is 24.9 Å². The average molecular weight is 131 g/mol. The molecule has 1 rings (SSSR count). The number of rotatable bonds is 0. The van der Waals surface area contributed by atoms with Crippen LogP contribution in [0.3, 0.4) is 0 Å². The van der Waals surface area contributed by atoms with Crippen LogP contribution in [0.5, 0.6) is 0 Å². The fourth-order valence-corrected chi connectivity index (χ4v) is 1.25. The van der Waals surface area contributed by atoms with Gasteiger partial charge in [0.2, 0.25) is 0 Å². The third-order valence-electron chi connectivity index (χ3n) is 1.79. The molecule has 0 amide bonds. The highest BCUT2D eigenvalue weighted by Crippen LogP contribution is 2.15. The van der Waals surface area contributed by atoms with E-state index in [-0.39, 0.29) is 0 Å². The summed E-state index contributed by atoms with van der Waals surface area (Å²) in [6, 6.07) is 0. The number of piperidine rings is 1. The standard InChI is InChI=1S/C6H13NS/c1-5-2-3-7-4-6(5)8/h5-8H,2-4H2,1H3. The molecule has 0 bridgehead atoms. The van der Waals surface area contributed by atoms with Crippen LogP contribution in [0.25, 0.3) is 0 Å². The van der Waals surface area contributed by atoms with Gasteiger partial charge in [-0.15, -0.1) is 0 Å². The fourth-order valence-electron chi connectivity index (χ4n) is 0.973. The van der Waals surface area contributed by atoms with Crippen molar-refractivity contribution in [1.29, 1.82) is 0 Å². The van der Waals surface area contributed by atoms with Gasteiger partial charge in [0.1, 0.15) is 0 Å². The molecule has 0 aromatic heterocycles. The zero-order valence-corrected chi connectivity index (χ0v) is 6.12. The summed E-state index contributed by atoms with van der Waals surface area (Å²) in [5.41, 5.74) is 0. The smallest absolute Gasteiger partial charge is 0.0168 e. The van der Waals surface area contributed by atoms with E-state index in [9.17, 15) is 0 Å². The molecule has 1 heterocycles. The Labute approximate surface area is 56.3 Å². The van der Waals surface area contributed by atoms with Crippen LogP contribution in [-0.4, -0.2) is 18.3 Å². The van der Waals surface area contributed by atoms with Crippen LogP contribution in [-0.2, 0) is 0 Å². The van der Waals surface area contributed by atoms with Crippen LogP contribution in [0.2, 0.25) is 0 Å². The third-order valence-corrected chi connectivity index (χ3v) is 2.48. The van der Waals surface area contributed by atoms with E-state index < -0.39 is 0 Å². The lowest BCUT2D eigenvalue weighted by Gasteiger charge is -2.24. The molecule has 0 spiro atoms. The van der Waals surface area contributed by atoms with Gasteiger partial charge in [0.25, 0.3) is 0 Å². The second kappa shape index (κ2) is 2.74. The van der Waals surface area contributed by atoms with Crippen molar-refractivity contribution in [2.45, 2.75) is 18.6 Å². The summed E-state index contributed by atoms with van der Waals surface area (Å²) in [6.45, 7) is 4.53. The summed E-state index contributed by atoms with van der Waals surface area (Å²) in [5, 5.41) is 3.88. The van der Waals surface area contributed by atoms with Crippen molar-refractivity contribution in [2.75, 3.05) is 13.1 Å². The van der Waals surface area contributed by atoms with Gasteiger partial charge in [0.15, 0.2) is 0 Å². The van der Waals surface area contributed by atoms with E-state index in [1.807, 2.05) is 0 Å². The molecule has 0 radical (unpaired) electrons. The Bertz CT molecular complexity index is 64.9. The first-order valence-corrected chi connectivity index (χ1v) is 3.71. The van der Waals surface area contributed by atoms with Crippen LogP contribution >= 0.6 is 12.6 Å². The van der Waals surface area contributed by atoms with Crippen molar-refractivity contribution in [2.24, 2.45) is 5.92 Å². The minimum Gasteiger partial charge on any atom is -0.316 e. The molecule has 0 aromatic rings. The molecule has 2 heteroatoms. The van der Waals surface area contributed by atoms with E-state index in [1.54, 1.807) is 0 Å². The average Bonchev–Trinajstić information content (AvgIpc) is 1.77. The Morgan fingerprint density at radius 3 is 2.75 bits per heavy atom. The van der Waals surface area contributed by atoms with Crippen LogP contribution in [0.4, 0.5) is 0 Å². The van der Waals surface area contributed by atoms with Gasteiger partial charge in [0.05, 0.1) is 0 Å². The first kappa shape index (κ1) is 6.43. The van der Waals surface area contributed by atoms with E-state index in [1.165, 1.54) is 13.0 Å². The van der Waals surface area contributed by atoms with Crippen molar-refractivity contribution in [3.8, 4) is 0 Å². The van der Waals surface area contributed by atoms with Crippen molar-refractivity contribution < 1.29 is 0 Å². The number of nitrogens with one attached hydrogen (secondary N) is 1. The molecule has 1 aliphatic heterocycles. The monoisotopic (exact) mass is 131 g/mol. The molecule has 2 atom stereocenters. The van der Waals surface area contributed by atoms with E-state index in [0.29, 0.717) is 5.25 Å². The topological polar surface area (TPSA) is 12.0 Å². The van der Waals surface area contributed by atoms with E-state index in [0.717, 1.165) is 12.5 Å². The molecular weight excluding hydrogens is 118 g/mol. The molecule has 1 nitrogen and oxygen atoms in total. The Balaban J connectivity index is 2.28. The van der Waals surface area contributed by atoms with Crippen LogP contribution in [0.1, 0.15) is 13.3 Å². The summed E-state index contributed by atoms with van der Waals surface area (Å²) in [6.07, 6.45) is 1.29. The van der Waals surface area contributed by atoms with Crippen LogP contribution in [0.15, 0.2) is 0 Å². The Hall–Kier alpha value is 0.310. The summed E-state index contributed by atoms with van der Waals surface area (Å²) in [7, 11) is 0. The highest BCUT2D eigenvalue weighted by atomic mass is 32.1. The number of hydrogen-bond acceptors (Lipinski definition) is 2. The summed E-state index contributed by atoms with van der Waals surface area (Å²) in [5.74, 6) is 0.805. The molecular formula is C6H13NS. The van der Waals surface area contributed by atoms with Crippen molar-refractivity contribution in [1.82, 2.24) is 5.32 Å². The molecule has 0 saturated carbocycles. The van der Waals surface area contributed by atoms with Gasteiger partial charge in [-0.05, 0) is 18.9 Å². The summed E-state index contributed by atoms with van der Waals surface area (Å²) >= 11 is 4.39. The van der Waals surface area contributed by atoms with Gasteiger partial charge in [-0.2, -0.15) is 12.6 Å². The van der Waals surface area contributed by atoms with Gasteiger partial charge in [-0.3, -0.25) is 0 Å². The zero-order valence-electron chi connectivity index (χ0n) is 5.22. The fraction of sp³-hybridized carbons (Fsp3) is 1.00. The first-order valence-electron chi connectivity index (χ1n) is 3.19. The quantitative estimate of drug-likeness (QED) is 0.466. The maximum absolute atomic E-state index is 4.39. The highest BCUT2D eigenvalue weighted by Gasteiger charge is 2.15. The lowest BCUT2D eigenvalue weighted by atomic mass is 10.0. The van der Waals surface area contributed by atoms with Crippen molar-refractivity contribution >= 4 is 12.6 Å². The normalized spacial score (nSPS) is 39.8. The second-order valence-corrected chi connectivity index (χ2v) is 3.20. The third kappa shape index (κ3) is 1.39. The SMILES string of the molecule is CC1CCNCC1S. The predicted molar refractivity (Wildman–Crippen MR) is 39.4 cm³/mol. The van der Waals surface area contributed by atoms with Gasteiger partial charge >= 0.3 is 0 Å². The molecule has 1 N–H and O–H groups in total. The number of hydrogen-bond donors (Lipinski definition) is 2. The Morgan fingerprint density at radius 2 is 2.38 bits per heavy atom. The molecule has 8 heavy (non-hydrogen) atoms. The second-order valence-electron chi connectivity index (χ2n) is 2.54. The summed E-state index contributed by atoms with van der Waals surface area (Å²) in [4.78, 5) is 0.